The molecule has 0 saturated carbocycles. The number of aryl methyl sites for hydroxylation is 3. The third-order valence-corrected chi connectivity index (χ3v) is 4.07. The number of imidazole rings is 1. The Morgan fingerprint density at radius 2 is 1.73 bits per heavy atom. The summed E-state index contributed by atoms with van der Waals surface area (Å²) in [5.74, 6) is 0.959. The molecule has 3 heteroatoms. The molecule has 0 N–H and O–H groups in total. The maximum atomic E-state index is 4.78. The van der Waals surface area contributed by atoms with Gasteiger partial charge in [0.15, 0.2) is 5.65 Å². The first-order chi connectivity index (χ1) is 10.6. The van der Waals surface area contributed by atoms with Crippen LogP contribution < -0.4 is 0 Å². The Kier molecular flexibility index (Phi) is 2.76. The molecule has 0 aliphatic rings. The van der Waals surface area contributed by atoms with Gasteiger partial charge in [0, 0.05) is 22.7 Å². The Balaban J connectivity index is 2.08. The van der Waals surface area contributed by atoms with Crippen molar-refractivity contribution in [3.8, 4) is 5.69 Å². The topological polar surface area (TPSA) is 30.7 Å². The van der Waals surface area contributed by atoms with Gasteiger partial charge in [0.2, 0.25) is 0 Å². The van der Waals surface area contributed by atoms with E-state index < -0.39 is 0 Å². The molecule has 0 fully saturated rings. The number of aromatic nitrogens is 3. The maximum absolute atomic E-state index is 4.78. The Morgan fingerprint density at radius 3 is 2.55 bits per heavy atom. The summed E-state index contributed by atoms with van der Waals surface area (Å²) in [7, 11) is 0. The van der Waals surface area contributed by atoms with E-state index in [1.807, 2.05) is 13.1 Å². The average molecular weight is 287 g/mol. The van der Waals surface area contributed by atoms with Gasteiger partial charge in [0.25, 0.3) is 0 Å². The van der Waals surface area contributed by atoms with Crippen molar-refractivity contribution in [1.29, 1.82) is 0 Å². The molecular formula is C19H17N3. The minimum Gasteiger partial charge on any atom is -0.281 e. The lowest BCUT2D eigenvalue weighted by Gasteiger charge is -2.07. The molecule has 0 spiro atoms. The highest BCUT2D eigenvalue weighted by Crippen LogP contribution is 2.27. The van der Waals surface area contributed by atoms with E-state index in [-0.39, 0.29) is 0 Å². The fourth-order valence-electron chi connectivity index (χ4n) is 3.03. The summed E-state index contributed by atoms with van der Waals surface area (Å²) in [4.78, 5) is 9.46. The van der Waals surface area contributed by atoms with Gasteiger partial charge in [-0.2, -0.15) is 0 Å². The van der Waals surface area contributed by atoms with Gasteiger partial charge in [0.05, 0.1) is 0 Å². The molecule has 2 aromatic carbocycles. The molecule has 0 aliphatic carbocycles. The van der Waals surface area contributed by atoms with Crippen LogP contribution in [0.2, 0.25) is 0 Å². The van der Waals surface area contributed by atoms with E-state index in [0.29, 0.717) is 0 Å². The summed E-state index contributed by atoms with van der Waals surface area (Å²) in [6.45, 7) is 6.23. The highest BCUT2D eigenvalue weighted by molar-refractivity contribution is 6.02. The van der Waals surface area contributed by atoms with Crippen LogP contribution in [0.3, 0.4) is 0 Å². The summed E-state index contributed by atoms with van der Waals surface area (Å²) in [6, 6.07) is 14.9. The fraction of sp³-hybridized carbons (Fsp3) is 0.158. The molecular weight excluding hydrogens is 270 g/mol. The van der Waals surface area contributed by atoms with Gasteiger partial charge in [-0.3, -0.25) is 4.57 Å². The summed E-state index contributed by atoms with van der Waals surface area (Å²) < 4.78 is 2.13. The molecule has 0 unspecified atom stereocenters. The van der Waals surface area contributed by atoms with Crippen LogP contribution in [0.5, 0.6) is 0 Å². The van der Waals surface area contributed by atoms with Crippen LogP contribution >= 0.6 is 0 Å². The van der Waals surface area contributed by atoms with Crippen molar-refractivity contribution in [3.63, 3.8) is 0 Å². The van der Waals surface area contributed by atoms with Crippen molar-refractivity contribution in [2.75, 3.05) is 0 Å². The van der Waals surface area contributed by atoms with Crippen LogP contribution in [0, 0.1) is 20.8 Å². The quantitative estimate of drug-likeness (QED) is 0.516. The van der Waals surface area contributed by atoms with Crippen LogP contribution in [-0.2, 0) is 0 Å². The molecule has 108 valence electrons. The Bertz CT molecular complexity index is 1010. The smallest absolute Gasteiger partial charge is 0.165 e. The first-order valence-corrected chi connectivity index (χ1v) is 7.45. The minimum atomic E-state index is 0.916. The second-order valence-electron chi connectivity index (χ2n) is 5.85. The zero-order valence-corrected chi connectivity index (χ0v) is 13.0. The maximum Gasteiger partial charge on any atom is 0.165 e. The van der Waals surface area contributed by atoms with Crippen molar-refractivity contribution in [2.24, 2.45) is 0 Å². The van der Waals surface area contributed by atoms with Crippen molar-refractivity contribution >= 4 is 21.9 Å². The normalized spacial score (nSPS) is 11.4. The predicted octanol–water partition coefficient (Wildman–Crippen LogP) is 4.50. The summed E-state index contributed by atoms with van der Waals surface area (Å²) >= 11 is 0. The molecule has 3 nitrogen and oxygen atoms in total. The summed E-state index contributed by atoms with van der Waals surface area (Å²) in [5, 5.41) is 2.30. The van der Waals surface area contributed by atoms with Crippen LogP contribution in [-0.4, -0.2) is 14.5 Å². The molecule has 2 aromatic heterocycles. The van der Waals surface area contributed by atoms with Gasteiger partial charge in [-0.1, -0.05) is 29.8 Å². The molecule has 4 rings (SSSR count). The second-order valence-corrected chi connectivity index (χ2v) is 5.85. The molecule has 22 heavy (non-hydrogen) atoms. The zero-order chi connectivity index (χ0) is 15.3. The first-order valence-electron chi connectivity index (χ1n) is 7.45. The molecule has 4 aromatic rings. The van der Waals surface area contributed by atoms with Crippen molar-refractivity contribution < 1.29 is 0 Å². The van der Waals surface area contributed by atoms with E-state index in [4.69, 9.17) is 4.98 Å². The first kappa shape index (κ1) is 13.0. The highest BCUT2D eigenvalue weighted by atomic mass is 15.1. The predicted molar refractivity (Wildman–Crippen MR) is 90.6 cm³/mol. The number of nitrogens with zero attached hydrogens (tertiary/aromatic N) is 3. The van der Waals surface area contributed by atoms with E-state index in [0.717, 1.165) is 33.4 Å². The molecule has 2 heterocycles. The number of hydrogen-bond acceptors (Lipinski definition) is 2. The average Bonchev–Trinajstić information content (AvgIpc) is 2.83. The van der Waals surface area contributed by atoms with E-state index in [9.17, 15) is 0 Å². The van der Waals surface area contributed by atoms with Gasteiger partial charge in [-0.15, -0.1) is 0 Å². The van der Waals surface area contributed by atoms with Gasteiger partial charge in [0.1, 0.15) is 11.3 Å². The molecule has 0 amide bonds. The highest BCUT2D eigenvalue weighted by Gasteiger charge is 2.13. The molecule has 0 bridgehead atoms. The Hall–Kier alpha value is -2.68. The minimum absolute atomic E-state index is 0.916. The van der Waals surface area contributed by atoms with E-state index in [2.05, 4.69) is 65.9 Å². The molecule has 0 saturated heterocycles. The Labute approximate surface area is 129 Å². The largest absolute Gasteiger partial charge is 0.281 e. The number of fused-ring (bicyclic) bond motifs is 3. The fourth-order valence-corrected chi connectivity index (χ4v) is 3.03. The molecule has 0 radical (unpaired) electrons. The van der Waals surface area contributed by atoms with Crippen LogP contribution in [0.25, 0.3) is 27.6 Å². The van der Waals surface area contributed by atoms with E-state index in [1.54, 1.807) is 0 Å². The van der Waals surface area contributed by atoms with Crippen LogP contribution in [0.4, 0.5) is 0 Å². The number of rotatable bonds is 1. The third-order valence-electron chi connectivity index (χ3n) is 4.07. The van der Waals surface area contributed by atoms with Gasteiger partial charge in [-0.25, -0.2) is 9.97 Å². The Morgan fingerprint density at radius 1 is 0.909 bits per heavy atom. The van der Waals surface area contributed by atoms with E-state index >= 15 is 0 Å². The molecule has 0 atom stereocenters. The van der Waals surface area contributed by atoms with Gasteiger partial charge >= 0.3 is 0 Å². The van der Waals surface area contributed by atoms with Gasteiger partial charge < -0.3 is 0 Å². The lowest BCUT2D eigenvalue weighted by molar-refractivity contribution is 0.985. The SMILES string of the molecule is Cc1cccc(-n2c(C)nc3c4ccc(C)cc4cnc32)c1. The van der Waals surface area contributed by atoms with Crippen LogP contribution in [0.15, 0.2) is 48.7 Å². The van der Waals surface area contributed by atoms with Crippen LogP contribution in [0.1, 0.15) is 17.0 Å². The summed E-state index contributed by atoms with van der Waals surface area (Å²) in [5.41, 5.74) is 5.47. The summed E-state index contributed by atoms with van der Waals surface area (Å²) in [6.07, 6.45) is 1.94. The second kappa shape index (κ2) is 4.67. The van der Waals surface area contributed by atoms with Gasteiger partial charge in [-0.05, 0) is 44.5 Å². The van der Waals surface area contributed by atoms with Crippen molar-refractivity contribution in [2.45, 2.75) is 20.8 Å². The lowest BCUT2D eigenvalue weighted by Crippen LogP contribution is -1.98. The van der Waals surface area contributed by atoms with E-state index in [1.165, 1.54) is 11.1 Å². The lowest BCUT2D eigenvalue weighted by atomic mass is 10.1. The standard InChI is InChI=1S/C19H17N3/c1-12-5-4-6-16(10-12)22-14(3)21-18-17-8-7-13(2)9-15(17)11-20-19(18)22/h4-11H,1-3H3. The number of pyridine rings is 1. The van der Waals surface area contributed by atoms with Crippen molar-refractivity contribution in [1.82, 2.24) is 14.5 Å². The molecule has 0 aliphatic heterocycles. The third kappa shape index (κ3) is 1.90. The zero-order valence-electron chi connectivity index (χ0n) is 13.0. The number of benzene rings is 2. The van der Waals surface area contributed by atoms with Crippen molar-refractivity contribution in [3.05, 3.63) is 65.6 Å². The monoisotopic (exact) mass is 287 g/mol. The number of hydrogen-bond donors (Lipinski definition) is 0.